The van der Waals surface area contributed by atoms with Crippen molar-refractivity contribution in [3.05, 3.63) is 69.2 Å². The number of carbonyl (C=O) groups excluding carboxylic acids is 1. The quantitative estimate of drug-likeness (QED) is 0.756. The van der Waals surface area contributed by atoms with Crippen LogP contribution in [0.4, 0.5) is 0 Å². The molecule has 1 heterocycles. The standard InChI is InChI=1S/C21H24Cl2N2O/c22-19-9-8-17(20(23)14-19)10-11-24-21(26)18-6-4-16(5-7-18)15-25-12-2-1-3-13-25/h4-9,14H,1-3,10-13,15H2,(H,24,26). The summed E-state index contributed by atoms with van der Waals surface area (Å²) in [5, 5.41) is 4.20. The molecule has 2 aromatic carbocycles. The van der Waals surface area contributed by atoms with Crippen LogP contribution in [0.5, 0.6) is 0 Å². The Bertz CT molecular complexity index is 740. The van der Waals surface area contributed by atoms with Crippen LogP contribution in [0.2, 0.25) is 10.0 Å². The lowest BCUT2D eigenvalue weighted by Crippen LogP contribution is -2.29. The van der Waals surface area contributed by atoms with Crippen molar-refractivity contribution in [1.29, 1.82) is 0 Å². The van der Waals surface area contributed by atoms with Crippen molar-refractivity contribution in [3.63, 3.8) is 0 Å². The number of rotatable bonds is 6. The van der Waals surface area contributed by atoms with Gasteiger partial charge in [-0.3, -0.25) is 9.69 Å². The Morgan fingerprint density at radius 2 is 1.73 bits per heavy atom. The fourth-order valence-electron chi connectivity index (χ4n) is 3.27. The maximum absolute atomic E-state index is 12.3. The molecule has 138 valence electrons. The highest BCUT2D eigenvalue weighted by Gasteiger charge is 2.11. The number of amides is 1. The van der Waals surface area contributed by atoms with Crippen molar-refractivity contribution in [3.8, 4) is 0 Å². The molecular formula is C21H24Cl2N2O. The molecule has 1 saturated heterocycles. The van der Waals surface area contributed by atoms with Crippen LogP contribution < -0.4 is 5.32 Å². The molecule has 5 heteroatoms. The van der Waals surface area contributed by atoms with Gasteiger partial charge in [-0.05, 0) is 67.7 Å². The van der Waals surface area contributed by atoms with E-state index in [4.69, 9.17) is 23.2 Å². The minimum absolute atomic E-state index is 0.0559. The van der Waals surface area contributed by atoms with E-state index in [1.165, 1.54) is 37.9 Å². The molecule has 3 nitrogen and oxygen atoms in total. The predicted octanol–water partition coefficient (Wildman–Crippen LogP) is 4.95. The fourth-order valence-corrected chi connectivity index (χ4v) is 3.78. The highest BCUT2D eigenvalue weighted by molar-refractivity contribution is 6.35. The monoisotopic (exact) mass is 390 g/mol. The molecule has 0 spiro atoms. The van der Waals surface area contributed by atoms with Gasteiger partial charge in [-0.15, -0.1) is 0 Å². The van der Waals surface area contributed by atoms with Gasteiger partial charge in [0, 0.05) is 28.7 Å². The third-order valence-corrected chi connectivity index (χ3v) is 5.35. The zero-order chi connectivity index (χ0) is 18.4. The number of halogens is 2. The molecule has 0 atom stereocenters. The average molecular weight is 391 g/mol. The van der Waals surface area contributed by atoms with Gasteiger partial charge < -0.3 is 5.32 Å². The van der Waals surface area contributed by atoms with Gasteiger partial charge in [-0.1, -0.05) is 47.8 Å². The number of piperidine rings is 1. The molecule has 1 N–H and O–H groups in total. The maximum atomic E-state index is 12.3. The smallest absolute Gasteiger partial charge is 0.251 e. The third-order valence-electron chi connectivity index (χ3n) is 4.77. The van der Waals surface area contributed by atoms with Crippen molar-refractivity contribution < 1.29 is 4.79 Å². The maximum Gasteiger partial charge on any atom is 0.251 e. The number of hydrogen-bond donors (Lipinski definition) is 1. The number of hydrogen-bond acceptors (Lipinski definition) is 2. The Labute approximate surface area is 165 Å². The molecule has 0 unspecified atom stereocenters. The topological polar surface area (TPSA) is 32.3 Å². The van der Waals surface area contributed by atoms with Crippen LogP contribution in [0.25, 0.3) is 0 Å². The Balaban J connectivity index is 1.48. The number of likely N-dealkylation sites (tertiary alicyclic amines) is 1. The Morgan fingerprint density at radius 1 is 1.00 bits per heavy atom. The average Bonchev–Trinajstić information content (AvgIpc) is 2.65. The van der Waals surface area contributed by atoms with Crippen LogP contribution in [0, 0.1) is 0 Å². The summed E-state index contributed by atoms with van der Waals surface area (Å²) in [6, 6.07) is 13.4. The molecule has 0 radical (unpaired) electrons. The molecular weight excluding hydrogens is 367 g/mol. The zero-order valence-corrected chi connectivity index (χ0v) is 16.3. The lowest BCUT2D eigenvalue weighted by Gasteiger charge is -2.26. The fraction of sp³-hybridized carbons (Fsp3) is 0.381. The van der Waals surface area contributed by atoms with Crippen LogP contribution in [0.15, 0.2) is 42.5 Å². The number of carbonyl (C=O) groups is 1. The highest BCUT2D eigenvalue weighted by Crippen LogP contribution is 2.21. The largest absolute Gasteiger partial charge is 0.352 e. The summed E-state index contributed by atoms with van der Waals surface area (Å²) in [6.45, 7) is 3.86. The molecule has 1 aliphatic rings. The van der Waals surface area contributed by atoms with Gasteiger partial charge in [0.25, 0.3) is 5.91 Å². The van der Waals surface area contributed by atoms with E-state index in [2.05, 4.69) is 22.3 Å². The van der Waals surface area contributed by atoms with E-state index in [-0.39, 0.29) is 5.91 Å². The minimum Gasteiger partial charge on any atom is -0.352 e. The summed E-state index contributed by atoms with van der Waals surface area (Å²) >= 11 is 12.1. The molecule has 26 heavy (non-hydrogen) atoms. The summed E-state index contributed by atoms with van der Waals surface area (Å²) in [5.41, 5.74) is 2.93. The molecule has 0 aliphatic carbocycles. The van der Waals surface area contributed by atoms with Gasteiger partial charge in [0.05, 0.1) is 0 Å². The minimum atomic E-state index is -0.0559. The van der Waals surface area contributed by atoms with E-state index >= 15 is 0 Å². The van der Waals surface area contributed by atoms with Crippen LogP contribution in [0.1, 0.15) is 40.7 Å². The molecule has 1 aliphatic heterocycles. The van der Waals surface area contributed by atoms with Crippen molar-refractivity contribution in [1.82, 2.24) is 10.2 Å². The first-order chi connectivity index (χ1) is 12.6. The molecule has 0 aromatic heterocycles. The van der Waals surface area contributed by atoms with Crippen molar-refractivity contribution in [2.24, 2.45) is 0 Å². The number of nitrogens with zero attached hydrogens (tertiary/aromatic N) is 1. The molecule has 1 amide bonds. The SMILES string of the molecule is O=C(NCCc1ccc(Cl)cc1Cl)c1ccc(CN2CCCCC2)cc1. The van der Waals surface area contributed by atoms with Crippen molar-refractivity contribution in [2.75, 3.05) is 19.6 Å². The summed E-state index contributed by atoms with van der Waals surface area (Å²) in [7, 11) is 0. The molecule has 0 saturated carbocycles. The molecule has 1 fully saturated rings. The normalized spacial score (nSPS) is 15.0. The van der Waals surface area contributed by atoms with E-state index in [0.717, 1.165) is 12.1 Å². The summed E-state index contributed by atoms with van der Waals surface area (Å²) in [4.78, 5) is 14.8. The second-order valence-electron chi connectivity index (χ2n) is 6.78. The van der Waals surface area contributed by atoms with Gasteiger partial charge in [-0.25, -0.2) is 0 Å². The van der Waals surface area contributed by atoms with Crippen molar-refractivity contribution >= 4 is 29.1 Å². The van der Waals surface area contributed by atoms with Gasteiger partial charge in [-0.2, -0.15) is 0 Å². The summed E-state index contributed by atoms with van der Waals surface area (Å²) in [5.74, 6) is -0.0559. The van der Waals surface area contributed by atoms with Crippen LogP contribution in [-0.4, -0.2) is 30.4 Å². The number of nitrogens with one attached hydrogen (secondary N) is 1. The second-order valence-corrected chi connectivity index (χ2v) is 7.62. The Kier molecular flexibility index (Phi) is 6.95. The van der Waals surface area contributed by atoms with Gasteiger partial charge in [0.15, 0.2) is 0 Å². The second kappa shape index (κ2) is 9.40. The van der Waals surface area contributed by atoms with E-state index in [0.29, 0.717) is 28.6 Å². The predicted molar refractivity (Wildman–Crippen MR) is 108 cm³/mol. The van der Waals surface area contributed by atoms with E-state index < -0.39 is 0 Å². The molecule has 0 bridgehead atoms. The zero-order valence-electron chi connectivity index (χ0n) is 14.8. The van der Waals surface area contributed by atoms with Crippen LogP contribution in [-0.2, 0) is 13.0 Å². The molecule has 2 aromatic rings. The first-order valence-electron chi connectivity index (χ1n) is 9.15. The number of benzene rings is 2. The van der Waals surface area contributed by atoms with Crippen LogP contribution in [0.3, 0.4) is 0 Å². The lowest BCUT2D eigenvalue weighted by molar-refractivity contribution is 0.0954. The van der Waals surface area contributed by atoms with E-state index in [9.17, 15) is 4.79 Å². The Hall–Kier alpha value is -1.55. The first kappa shape index (κ1) is 19.2. The molecule has 3 rings (SSSR count). The highest BCUT2D eigenvalue weighted by atomic mass is 35.5. The van der Waals surface area contributed by atoms with E-state index in [1.807, 2.05) is 24.3 Å². The van der Waals surface area contributed by atoms with Gasteiger partial charge in [0.1, 0.15) is 0 Å². The summed E-state index contributed by atoms with van der Waals surface area (Å²) < 4.78 is 0. The van der Waals surface area contributed by atoms with Crippen molar-refractivity contribution in [2.45, 2.75) is 32.2 Å². The third kappa shape index (κ3) is 5.47. The van der Waals surface area contributed by atoms with Gasteiger partial charge in [0.2, 0.25) is 0 Å². The first-order valence-corrected chi connectivity index (χ1v) is 9.91. The summed E-state index contributed by atoms with van der Waals surface area (Å²) in [6.07, 6.45) is 4.60. The van der Waals surface area contributed by atoms with Gasteiger partial charge >= 0.3 is 0 Å². The van der Waals surface area contributed by atoms with E-state index in [1.54, 1.807) is 6.07 Å². The van der Waals surface area contributed by atoms with Crippen LogP contribution >= 0.6 is 23.2 Å². The Morgan fingerprint density at radius 3 is 2.42 bits per heavy atom. The lowest BCUT2D eigenvalue weighted by atomic mass is 10.1.